The molecule has 0 saturated carbocycles. The Labute approximate surface area is 104 Å². The van der Waals surface area contributed by atoms with Crippen molar-refractivity contribution in [2.24, 2.45) is 0 Å². The van der Waals surface area contributed by atoms with E-state index in [9.17, 15) is 4.79 Å². The number of hydrogen-bond donors (Lipinski definition) is 3. The summed E-state index contributed by atoms with van der Waals surface area (Å²) in [6.07, 6.45) is 3.57. The van der Waals surface area contributed by atoms with Crippen molar-refractivity contribution in [3.8, 4) is 0 Å². The van der Waals surface area contributed by atoms with Gasteiger partial charge < -0.3 is 16.2 Å². The molecule has 0 spiro atoms. The standard InChI is InChI=1S/C12H14N4O2/c13-10-3-2-9(12(17)18)8-11(10)14-5-7-16-6-1-4-15-16/h1-4,6,8,14H,5,7,13H2,(H,17,18). The van der Waals surface area contributed by atoms with Crippen molar-refractivity contribution in [1.82, 2.24) is 9.78 Å². The molecule has 6 heteroatoms. The van der Waals surface area contributed by atoms with E-state index in [4.69, 9.17) is 10.8 Å². The van der Waals surface area contributed by atoms with Crippen molar-refractivity contribution in [1.29, 1.82) is 0 Å². The molecule has 1 aromatic carbocycles. The van der Waals surface area contributed by atoms with Crippen LogP contribution in [-0.4, -0.2) is 27.4 Å². The van der Waals surface area contributed by atoms with Crippen molar-refractivity contribution in [2.45, 2.75) is 6.54 Å². The van der Waals surface area contributed by atoms with Crippen LogP contribution in [0.5, 0.6) is 0 Å². The van der Waals surface area contributed by atoms with Gasteiger partial charge >= 0.3 is 5.97 Å². The summed E-state index contributed by atoms with van der Waals surface area (Å²) < 4.78 is 1.78. The molecule has 0 radical (unpaired) electrons. The van der Waals surface area contributed by atoms with Crippen molar-refractivity contribution in [2.75, 3.05) is 17.6 Å². The number of rotatable bonds is 5. The van der Waals surface area contributed by atoms with Gasteiger partial charge in [-0.1, -0.05) is 0 Å². The normalized spacial score (nSPS) is 10.2. The van der Waals surface area contributed by atoms with Crippen LogP contribution >= 0.6 is 0 Å². The molecule has 0 amide bonds. The Morgan fingerprint density at radius 2 is 2.33 bits per heavy atom. The minimum atomic E-state index is -0.967. The molecule has 0 unspecified atom stereocenters. The Bertz CT molecular complexity index is 537. The predicted molar refractivity (Wildman–Crippen MR) is 68.5 cm³/mol. The van der Waals surface area contributed by atoms with Gasteiger partial charge in [-0.05, 0) is 24.3 Å². The first-order valence-electron chi connectivity index (χ1n) is 5.51. The number of carboxylic acid groups (broad SMARTS) is 1. The van der Waals surface area contributed by atoms with Gasteiger partial charge in [0.25, 0.3) is 0 Å². The third kappa shape index (κ3) is 2.79. The Kier molecular flexibility index (Phi) is 3.47. The average Bonchev–Trinajstić information content (AvgIpc) is 2.84. The summed E-state index contributed by atoms with van der Waals surface area (Å²) in [6.45, 7) is 1.30. The van der Waals surface area contributed by atoms with Gasteiger partial charge in [0.15, 0.2) is 0 Å². The fourth-order valence-corrected chi connectivity index (χ4v) is 1.58. The molecule has 0 bridgehead atoms. The topological polar surface area (TPSA) is 93.2 Å². The summed E-state index contributed by atoms with van der Waals surface area (Å²) in [6, 6.07) is 6.44. The van der Waals surface area contributed by atoms with Crippen LogP contribution in [0.25, 0.3) is 0 Å². The number of benzene rings is 1. The molecule has 18 heavy (non-hydrogen) atoms. The summed E-state index contributed by atoms with van der Waals surface area (Å²) >= 11 is 0. The van der Waals surface area contributed by atoms with Crippen molar-refractivity contribution >= 4 is 17.3 Å². The molecule has 1 aromatic heterocycles. The molecule has 0 aliphatic carbocycles. The number of aromatic nitrogens is 2. The number of nitrogens with two attached hydrogens (primary N) is 1. The minimum absolute atomic E-state index is 0.214. The lowest BCUT2D eigenvalue weighted by Crippen LogP contribution is -2.12. The van der Waals surface area contributed by atoms with Crippen LogP contribution in [-0.2, 0) is 6.54 Å². The highest BCUT2D eigenvalue weighted by Crippen LogP contribution is 2.19. The minimum Gasteiger partial charge on any atom is -0.478 e. The van der Waals surface area contributed by atoms with E-state index in [1.54, 1.807) is 16.9 Å². The summed E-state index contributed by atoms with van der Waals surface area (Å²) in [5, 5.41) is 16.1. The molecule has 6 nitrogen and oxygen atoms in total. The van der Waals surface area contributed by atoms with E-state index < -0.39 is 5.97 Å². The molecule has 1 heterocycles. The Morgan fingerprint density at radius 3 is 3.00 bits per heavy atom. The van der Waals surface area contributed by atoms with Crippen LogP contribution in [0.1, 0.15) is 10.4 Å². The molecule has 0 fully saturated rings. The van der Waals surface area contributed by atoms with Crippen LogP contribution in [0.4, 0.5) is 11.4 Å². The van der Waals surface area contributed by atoms with Crippen LogP contribution in [0.15, 0.2) is 36.7 Å². The number of carboxylic acids is 1. The van der Waals surface area contributed by atoms with E-state index in [1.165, 1.54) is 12.1 Å². The highest BCUT2D eigenvalue weighted by atomic mass is 16.4. The Morgan fingerprint density at radius 1 is 1.50 bits per heavy atom. The van der Waals surface area contributed by atoms with Crippen LogP contribution < -0.4 is 11.1 Å². The fraction of sp³-hybridized carbons (Fsp3) is 0.167. The number of hydrogen-bond acceptors (Lipinski definition) is 4. The summed E-state index contributed by atoms with van der Waals surface area (Å²) in [5.74, 6) is -0.967. The molecule has 0 atom stereocenters. The van der Waals surface area contributed by atoms with Gasteiger partial charge in [-0.15, -0.1) is 0 Å². The molecule has 0 saturated heterocycles. The molecule has 4 N–H and O–H groups in total. The third-order valence-corrected chi connectivity index (χ3v) is 2.52. The van der Waals surface area contributed by atoms with E-state index in [0.29, 0.717) is 24.5 Å². The third-order valence-electron chi connectivity index (χ3n) is 2.52. The number of nitrogen functional groups attached to an aromatic ring is 1. The number of carbonyl (C=O) groups is 1. The highest BCUT2D eigenvalue weighted by molar-refractivity contribution is 5.90. The zero-order valence-corrected chi connectivity index (χ0v) is 9.71. The SMILES string of the molecule is Nc1ccc(C(=O)O)cc1NCCn1cccn1. The number of nitrogens with zero attached hydrogens (tertiary/aromatic N) is 2. The second-order valence-corrected chi connectivity index (χ2v) is 3.80. The van der Waals surface area contributed by atoms with Crippen molar-refractivity contribution < 1.29 is 9.90 Å². The highest BCUT2D eigenvalue weighted by Gasteiger charge is 2.06. The average molecular weight is 246 g/mol. The number of anilines is 2. The van der Waals surface area contributed by atoms with E-state index in [1.807, 2.05) is 12.3 Å². The van der Waals surface area contributed by atoms with E-state index in [2.05, 4.69) is 10.4 Å². The largest absolute Gasteiger partial charge is 0.478 e. The zero-order valence-electron chi connectivity index (χ0n) is 9.71. The predicted octanol–water partition coefficient (Wildman–Crippen LogP) is 1.28. The van der Waals surface area contributed by atoms with E-state index in [0.717, 1.165) is 0 Å². The maximum absolute atomic E-state index is 10.8. The van der Waals surface area contributed by atoms with Crippen molar-refractivity contribution in [3.63, 3.8) is 0 Å². The van der Waals surface area contributed by atoms with Gasteiger partial charge in [-0.3, -0.25) is 4.68 Å². The van der Waals surface area contributed by atoms with Crippen LogP contribution in [0.3, 0.4) is 0 Å². The first-order valence-corrected chi connectivity index (χ1v) is 5.51. The van der Waals surface area contributed by atoms with Crippen LogP contribution in [0, 0.1) is 0 Å². The summed E-state index contributed by atoms with van der Waals surface area (Å²) in [7, 11) is 0. The van der Waals surface area contributed by atoms with E-state index in [-0.39, 0.29) is 5.56 Å². The van der Waals surface area contributed by atoms with Gasteiger partial charge in [0, 0.05) is 18.9 Å². The molecule has 0 aliphatic heterocycles. The molecule has 2 rings (SSSR count). The smallest absolute Gasteiger partial charge is 0.335 e. The maximum Gasteiger partial charge on any atom is 0.335 e. The summed E-state index contributed by atoms with van der Waals surface area (Å²) in [4.78, 5) is 10.8. The van der Waals surface area contributed by atoms with Gasteiger partial charge in [-0.2, -0.15) is 5.10 Å². The lowest BCUT2D eigenvalue weighted by Gasteiger charge is -2.10. The lowest BCUT2D eigenvalue weighted by atomic mass is 10.1. The molecule has 0 aliphatic rings. The van der Waals surface area contributed by atoms with Gasteiger partial charge in [0.05, 0.1) is 23.5 Å². The molecular weight excluding hydrogens is 232 g/mol. The second kappa shape index (κ2) is 5.22. The Hall–Kier alpha value is -2.50. The summed E-state index contributed by atoms with van der Waals surface area (Å²) in [5.41, 5.74) is 7.14. The molecular formula is C12H14N4O2. The zero-order chi connectivity index (χ0) is 13.0. The van der Waals surface area contributed by atoms with Crippen molar-refractivity contribution in [3.05, 3.63) is 42.2 Å². The molecule has 94 valence electrons. The second-order valence-electron chi connectivity index (χ2n) is 3.80. The van der Waals surface area contributed by atoms with Gasteiger partial charge in [0.2, 0.25) is 0 Å². The first-order chi connectivity index (χ1) is 8.66. The number of nitrogens with one attached hydrogen (secondary N) is 1. The van der Waals surface area contributed by atoms with Gasteiger partial charge in [-0.25, -0.2) is 4.79 Å². The number of aromatic carboxylic acids is 1. The quantitative estimate of drug-likeness (QED) is 0.691. The lowest BCUT2D eigenvalue weighted by molar-refractivity contribution is 0.0697. The fourth-order valence-electron chi connectivity index (χ4n) is 1.58. The maximum atomic E-state index is 10.8. The monoisotopic (exact) mass is 246 g/mol. The molecule has 2 aromatic rings. The van der Waals surface area contributed by atoms with E-state index >= 15 is 0 Å². The Balaban J connectivity index is 2.00. The first kappa shape index (κ1) is 12.0. The van der Waals surface area contributed by atoms with Gasteiger partial charge in [0.1, 0.15) is 0 Å². The van der Waals surface area contributed by atoms with Crippen LogP contribution in [0.2, 0.25) is 0 Å².